The topological polar surface area (TPSA) is 65.1 Å². The number of ether oxygens (including phenoxy) is 1. The van der Waals surface area contributed by atoms with Gasteiger partial charge in [-0.2, -0.15) is 0 Å². The van der Waals surface area contributed by atoms with Gasteiger partial charge in [-0.1, -0.05) is 12.1 Å². The summed E-state index contributed by atoms with van der Waals surface area (Å²) in [4.78, 5) is 31.3. The average Bonchev–Trinajstić information content (AvgIpc) is 2.92. The summed E-state index contributed by atoms with van der Waals surface area (Å²) in [5.74, 6) is -0.245. The van der Waals surface area contributed by atoms with Crippen molar-refractivity contribution in [1.82, 2.24) is 20.0 Å². The SMILES string of the molecule is COCCCNC(=O)N1CCCN2CCN(Cc3ccc(F)cc3)C(=O)C2C1. The second-order valence-electron chi connectivity index (χ2n) is 7.32. The molecule has 1 aromatic rings. The zero-order chi connectivity index (χ0) is 19.9. The third kappa shape index (κ3) is 5.20. The number of urea groups is 1. The zero-order valence-electron chi connectivity index (χ0n) is 16.4. The number of halogens is 1. The first-order valence-electron chi connectivity index (χ1n) is 9.87. The number of benzene rings is 1. The van der Waals surface area contributed by atoms with Crippen molar-refractivity contribution in [3.05, 3.63) is 35.6 Å². The smallest absolute Gasteiger partial charge is 0.317 e. The van der Waals surface area contributed by atoms with Crippen LogP contribution in [0.5, 0.6) is 0 Å². The molecule has 2 heterocycles. The number of amides is 3. The molecule has 0 aliphatic carbocycles. The van der Waals surface area contributed by atoms with Gasteiger partial charge < -0.3 is 19.9 Å². The van der Waals surface area contributed by atoms with Gasteiger partial charge in [0.1, 0.15) is 11.9 Å². The number of hydrogen-bond donors (Lipinski definition) is 1. The van der Waals surface area contributed by atoms with E-state index in [1.807, 2.05) is 4.90 Å². The maximum atomic E-state index is 13.1. The minimum atomic E-state index is -0.318. The molecule has 1 unspecified atom stereocenters. The molecule has 8 heteroatoms. The van der Waals surface area contributed by atoms with Crippen molar-refractivity contribution in [1.29, 1.82) is 0 Å². The van der Waals surface area contributed by atoms with Crippen molar-refractivity contribution in [3.63, 3.8) is 0 Å². The number of rotatable bonds is 6. The van der Waals surface area contributed by atoms with E-state index in [1.165, 1.54) is 12.1 Å². The Hall–Kier alpha value is -2.19. The molecule has 28 heavy (non-hydrogen) atoms. The quantitative estimate of drug-likeness (QED) is 0.741. The number of carbonyl (C=O) groups excluding carboxylic acids is 2. The molecule has 1 N–H and O–H groups in total. The van der Waals surface area contributed by atoms with Crippen molar-refractivity contribution in [2.24, 2.45) is 0 Å². The van der Waals surface area contributed by atoms with Gasteiger partial charge in [0.25, 0.3) is 0 Å². The van der Waals surface area contributed by atoms with Crippen molar-refractivity contribution >= 4 is 11.9 Å². The first-order chi connectivity index (χ1) is 13.6. The van der Waals surface area contributed by atoms with Crippen LogP contribution in [0.4, 0.5) is 9.18 Å². The van der Waals surface area contributed by atoms with Gasteiger partial charge in [-0.25, -0.2) is 9.18 Å². The molecule has 2 aliphatic rings. The molecule has 0 radical (unpaired) electrons. The lowest BCUT2D eigenvalue weighted by molar-refractivity contribution is -0.142. The van der Waals surface area contributed by atoms with Crippen molar-refractivity contribution in [3.8, 4) is 0 Å². The van der Waals surface area contributed by atoms with Crippen LogP contribution in [0.3, 0.4) is 0 Å². The molecule has 3 amide bonds. The highest BCUT2D eigenvalue weighted by molar-refractivity contribution is 5.84. The molecule has 0 saturated carbocycles. The van der Waals surface area contributed by atoms with Gasteiger partial charge in [0.05, 0.1) is 0 Å². The molecule has 154 valence electrons. The van der Waals surface area contributed by atoms with Crippen LogP contribution in [0.15, 0.2) is 24.3 Å². The molecule has 7 nitrogen and oxygen atoms in total. The van der Waals surface area contributed by atoms with Gasteiger partial charge >= 0.3 is 6.03 Å². The number of carbonyl (C=O) groups is 2. The Kier molecular flexibility index (Phi) is 7.22. The molecule has 1 atom stereocenters. The third-order valence-corrected chi connectivity index (χ3v) is 5.34. The summed E-state index contributed by atoms with van der Waals surface area (Å²) < 4.78 is 18.1. The van der Waals surface area contributed by atoms with E-state index in [0.717, 1.165) is 31.5 Å². The summed E-state index contributed by atoms with van der Waals surface area (Å²) in [5, 5.41) is 2.91. The Morgan fingerprint density at radius 3 is 2.75 bits per heavy atom. The minimum Gasteiger partial charge on any atom is -0.385 e. The molecule has 2 saturated heterocycles. The van der Waals surface area contributed by atoms with Crippen LogP contribution in [-0.4, -0.2) is 85.7 Å². The second-order valence-corrected chi connectivity index (χ2v) is 7.32. The monoisotopic (exact) mass is 392 g/mol. The largest absolute Gasteiger partial charge is 0.385 e. The van der Waals surface area contributed by atoms with E-state index in [0.29, 0.717) is 39.3 Å². The van der Waals surface area contributed by atoms with E-state index < -0.39 is 0 Å². The summed E-state index contributed by atoms with van der Waals surface area (Å²) in [6, 6.07) is 5.81. The summed E-state index contributed by atoms with van der Waals surface area (Å²) in [5.41, 5.74) is 0.907. The van der Waals surface area contributed by atoms with Crippen LogP contribution in [0.2, 0.25) is 0 Å². The van der Waals surface area contributed by atoms with Crippen molar-refractivity contribution in [2.45, 2.75) is 25.4 Å². The molecule has 0 bridgehead atoms. The standard InChI is InChI=1S/C20H29FN4O3/c1-28-13-2-8-22-20(27)25-10-3-9-23-11-12-24(19(26)18(23)15-25)14-16-4-6-17(21)7-5-16/h4-7,18H,2-3,8-15H2,1H3,(H,22,27). The summed E-state index contributed by atoms with van der Waals surface area (Å²) >= 11 is 0. The van der Waals surface area contributed by atoms with Gasteiger partial charge in [-0.3, -0.25) is 9.69 Å². The van der Waals surface area contributed by atoms with Crippen LogP contribution >= 0.6 is 0 Å². The van der Waals surface area contributed by atoms with Crippen LogP contribution in [0.25, 0.3) is 0 Å². The lowest BCUT2D eigenvalue weighted by Gasteiger charge is -2.40. The predicted molar refractivity (Wildman–Crippen MR) is 103 cm³/mol. The summed E-state index contributed by atoms with van der Waals surface area (Å²) in [7, 11) is 1.64. The van der Waals surface area contributed by atoms with E-state index in [9.17, 15) is 14.0 Å². The number of fused-ring (bicyclic) bond motifs is 1. The second kappa shape index (κ2) is 9.84. The van der Waals surface area contributed by atoms with E-state index in [2.05, 4.69) is 10.2 Å². The van der Waals surface area contributed by atoms with Crippen molar-refractivity contribution < 1.29 is 18.7 Å². The number of nitrogens with one attached hydrogen (secondary N) is 1. The third-order valence-electron chi connectivity index (χ3n) is 5.34. The maximum Gasteiger partial charge on any atom is 0.317 e. The normalized spacial score (nSPS) is 20.6. The van der Waals surface area contributed by atoms with Gasteiger partial charge in [-0.05, 0) is 30.5 Å². The molecular weight excluding hydrogens is 363 g/mol. The van der Waals surface area contributed by atoms with Gasteiger partial charge in [0, 0.05) is 59.5 Å². The van der Waals surface area contributed by atoms with Gasteiger partial charge in [-0.15, -0.1) is 0 Å². The number of nitrogens with zero attached hydrogens (tertiary/aromatic N) is 3. The molecular formula is C20H29FN4O3. The van der Waals surface area contributed by atoms with E-state index in [4.69, 9.17) is 4.74 Å². The van der Waals surface area contributed by atoms with E-state index in [1.54, 1.807) is 24.1 Å². The van der Waals surface area contributed by atoms with Crippen LogP contribution in [0, 0.1) is 5.82 Å². The molecule has 2 fully saturated rings. The Labute approximate surface area is 165 Å². The van der Waals surface area contributed by atoms with E-state index in [-0.39, 0.29) is 23.8 Å². The van der Waals surface area contributed by atoms with Crippen LogP contribution in [0.1, 0.15) is 18.4 Å². The highest BCUT2D eigenvalue weighted by Gasteiger charge is 2.38. The Balaban J connectivity index is 1.60. The average molecular weight is 392 g/mol. The molecule has 1 aromatic carbocycles. The summed E-state index contributed by atoms with van der Waals surface area (Å²) in [6.07, 6.45) is 1.61. The fraction of sp³-hybridized carbons (Fsp3) is 0.600. The fourth-order valence-electron chi connectivity index (χ4n) is 3.78. The predicted octanol–water partition coefficient (Wildman–Crippen LogP) is 1.29. The molecule has 3 rings (SSSR count). The highest BCUT2D eigenvalue weighted by atomic mass is 19.1. The molecule has 2 aliphatic heterocycles. The minimum absolute atomic E-state index is 0.0367. The zero-order valence-corrected chi connectivity index (χ0v) is 16.4. The first-order valence-corrected chi connectivity index (χ1v) is 9.87. The lowest BCUT2D eigenvalue weighted by Crippen LogP contribution is -2.59. The number of hydrogen-bond acceptors (Lipinski definition) is 4. The first kappa shape index (κ1) is 20.5. The molecule has 0 spiro atoms. The Morgan fingerprint density at radius 1 is 1.21 bits per heavy atom. The molecule has 0 aromatic heterocycles. The fourth-order valence-corrected chi connectivity index (χ4v) is 3.78. The van der Waals surface area contributed by atoms with Crippen LogP contribution < -0.4 is 5.32 Å². The van der Waals surface area contributed by atoms with E-state index >= 15 is 0 Å². The van der Waals surface area contributed by atoms with Crippen LogP contribution in [-0.2, 0) is 16.1 Å². The Morgan fingerprint density at radius 2 is 2.00 bits per heavy atom. The van der Waals surface area contributed by atoms with Crippen molar-refractivity contribution in [2.75, 3.05) is 53.0 Å². The Bertz CT molecular complexity index is 670. The maximum absolute atomic E-state index is 13.1. The number of piperazine rings is 1. The van der Waals surface area contributed by atoms with Gasteiger partial charge in [0.15, 0.2) is 0 Å². The lowest BCUT2D eigenvalue weighted by atomic mass is 10.1. The summed E-state index contributed by atoms with van der Waals surface area (Å²) in [6.45, 7) is 4.93. The highest BCUT2D eigenvalue weighted by Crippen LogP contribution is 2.19. The van der Waals surface area contributed by atoms with Gasteiger partial charge in [0.2, 0.25) is 5.91 Å². The number of methoxy groups -OCH3 is 1.